The fraction of sp³-hybridized carbons (Fsp3) is 0.333. The van der Waals surface area contributed by atoms with E-state index in [-0.39, 0.29) is 0 Å². The summed E-state index contributed by atoms with van der Waals surface area (Å²) in [6.07, 6.45) is 6.66. The van der Waals surface area contributed by atoms with Gasteiger partial charge >= 0.3 is 0 Å². The highest BCUT2D eigenvalue weighted by molar-refractivity contribution is 9.12. The fourth-order valence-corrected chi connectivity index (χ4v) is 1.62. The summed E-state index contributed by atoms with van der Waals surface area (Å²) in [5.74, 6) is 0. The van der Waals surface area contributed by atoms with Gasteiger partial charge in [-0.1, -0.05) is 74.3 Å². The molecule has 0 aliphatic heterocycles. The Bertz CT molecular complexity index is 267. The van der Waals surface area contributed by atoms with Crippen molar-refractivity contribution in [3.05, 3.63) is 48.0 Å². The molecular formula is C12H14Br2. The molecule has 0 N–H and O–H groups in total. The second-order valence-electron chi connectivity index (χ2n) is 3.12. The third-order valence-corrected chi connectivity index (χ3v) is 4.13. The van der Waals surface area contributed by atoms with Crippen LogP contribution in [0.5, 0.6) is 0 Å². The second-order valence-corrected chi connectivity index (χ2v) is 4.95. The van der Waals surface area contributed by atoms with Crippen LogP contribution in [0.2, 0.25) is 0 Å². The number of benzene rings is 1. The van der Waals surface area contributed by atoms with E-state index < -0.39 is 0 Å². The van der Waals surface area contributed by atoms with Gasteiger partial charge in [-0.05, 0) is 18.4 Å². The van der Waals surface area contributed by atoms with Crippen LogP contribution in [-0.2, 0) is 6.42 Å². The van der Waals surface area contributed by atoms with E-state index in [2.05, 4.69) is 74.3 Å². The van der Waals surface area contributed by atoms with Gasteiger partial charge in [0.15, 0.2) is 0 Å². The molecule has 76 valence electrons. The average Bonchev–Trinajstić information content (AvgIpc) is 2.25. The zero-order valence-electron chi connectivity index (χ0n) is 8.00. The molecule has 1 rings (SSSR count). The van der Waals surface area contributed by atoms with Gasteiger partial charge in [0.1, 0.15) is 0 Å². The van der Waals surface area contributed by atoms with Crippen LogP contribution in [0.1, 0.15) is 12.0 Å². The van der Waals surface area contributed by atoms with Crippen molar-refractivity contribution >= 4 is 31.9 Å². The van der Waals surface area contributed by atoms with Gasteiger partial charge in [-0.2, -0.15) is 0 Å². The molecule has 0 aromatic heterocycles. The van der Waals surface area contributed by atoms with Crippen molar-refractivity contribution in [2.75, 3.05) is 5.33 Å². The van der Waals surface area contributed by atoms with Gasteiger partial charge in [-0.15, -0.1) is 0 Å². The second kappa shape index (κ2) is 7.24. The van der Waals surface area contributed by atoms with Crippen molar-refractivity contribution in [3.8, 4) is 0 Å². The maximum atomic E-state index is 3.53. The van der Waals surface area contributed by atoms with E-state index in [4.69, 9.17) is 0 Å². The monoisotopic (exact) mass is 316 g/mol. The molecule has 0 heterocycles. The Morgan fingerprint density at radius 3 is 2.57 bits per heavy atom. The van der Waals surface area contributed by atoms with Crippen molar-refractivity contribution < 1.29 is 0 Å². The predicted molar refractivity (Wildman–Crippen MR) is 70.4 cm³/mol. The van der Waals surface area contributed by atoms with Gasteiger partial charge < -0.3 is 0 Å². The van der Waals surface area contributed by atoms with Crippen LogP contribution in [0.4, 0.5) is 0 Å². The number of hydrogen-bond acceptors (Lipinski definition) is 0. The van der Waals surface area contributed by atoms with Crippen LogP contribution >= 0.6 is 31.9 Å². The van der Waals surface area contributed by atoms with Gasteiger partial charge in [-0.25, -0.2) is 0 Å². The lowest BCUT2D eigenvalue weighted by Crippen LogP contribution is -1.92. The maximum Gasteiger partial charge on any atom is 0.0422 e. The highest BCUT2D eigenvalue weighted by Gasteiger charge is 1.93. The molecule has 0 spiro atoms. The lowest BCUT2D eigenvalue weighted by molar-refractivity contribution is 0.995. The molecule has 2 heteroatoms. The van der Waals surface area contributed by atoms with Gasteiger partial charge in [-0.3, -0.25) is 0 Å². The third kappa shape index (κ3) is 4.97. The minimum Gasteiger partial charge on any atom is -0.0913 e. The number of alkyl halides is 2. The first kappa shape index (κ1) is 12.0. The van der Waals surface area contributed by atoms with Crippen molar-refractivity contribution in [3.63, 3.8) is 0 Å². The van der Waals surface area contributed by atoms with Crippen LogP contribution in [0.3, 0.4) is 0 Å². The average molecular weight is 318 g/mol. The van der Waals surface area contributed by atoms with Crippen molar-refractivity contribution in [1.82, 2.24) is 0 Å². The molecule has 0 saturated heterocycles. The van der Waals surface area contributed by atoms with Gasteiger partial charge in [0, 0.05) is 10.2 Å². The van der Waals surface area contributed by atoms with Gasteiger partial charge in [0.05, 0.1) is 0 Å². The lowest BCUT2D eigenvalue weighted by Gasteiger charge is -1.98. The molecular weight excluding hydrogens is 304 g/mol. The molecule has 0 aliphatic rings. The van der Waals surface area contributed by atoms with E-state index >= 15 is 0 Å². The number of rotatable bonds is 5. The minimum absolute atomic E-state index is 0.457. The Morgan fingerprint density at radius 2 is 1.93 bits per heavy atom. The number of hydrogen-bond donors (Lipinski definition) is 0. The molecule has 0 aliphatic carbocycles. The zero-order chi connectivity index (χ0) is 10.2. The normalized spacial score (nSPS) is 13.3. The molecule has 0 fully saturated rings. The highest BCUT2D eigenvalue weighted by Crippen LogP contribution is 2.07. The summed E-state index contributed by atoms with van der Waals surface area (Å²) >= 11 is 6.94. The summed E-state index contributed by atoms with van der Waals surface area (Å²) < 4.78 is 0. The fourth-order valence-electron chi connectivity index (χ4n) is 1.19. The van der Waals surface area contributed by atoms with E-state index in [1.54, 1.807) is 0 Å². The SMILES string of the molecule is BrCC(Br)/C=C/CCc1ccccc1. The summed E-state index contributed by atoms with van der Waals surface area (Å²) in [5, 5.41) is 0.967. The smallest absolute Gasteiger partial charge is 0.0422 e. The predicted octanol–water partition coefficient (Wildman–Crippen LogP) is 4.33. The van der Waals surface area contributed by atoms with E-state index in [9.17, 15) is 0 Å². The summed E-state index contributed by atoms with van der Waals surface area (Å²) in [6, 6.07) is 10.6. The van der Waals surface area contributed by atoms with E-state index in [0.717, 1.165) is 18.2 Å². The van der Waals surface area contributed by atoms with Crippen LogP contribution in [-0.4, -0.2) is 10.2 Å². The molecule has 1 atom stereocenters. The molecule has 0 saturated carbocycles. The first-order valence-corrected chi connectivity index (χ1v) is 6.77. The lowest BCUT2D eigenvalue weighted by atomic mass is 10.1. The van der Waals surface area contributed by atoms with Gasteiger partial charge in [0.25, 0.3) is 0 Å². The molecule has 1 aromatic carbocycles. The number of allylic oxidation sites excluding steroid dienone is 2. The van der Waals surface area contributed by atoms with Gasteiger partial charge in [0.2, 0.25) is 0 Å². The maximum absolute atomic E-state index is 3.53. The molecule has 0 radical (unpaired) electrons. The molecule has 0 bridgehead atoms. The molecule has 0 nitrogen and oxygen atoms in total. The zero-order valence-corrected chi connectivity index (χ0v) is 11.2. The van der Waals surface area contributed by atoms with E-state index in [1.807, 2.05) is 0 Å². The van der Waals surface area contributed by atoms with Crippen LogP contribution in [0, 0.1) is 0 Å². The Hall–Kier alpha value is -0.0800. The Kier molecular flexibility index (Phi) is 6.20. The third-order valence-electron chi connectivity index (χ3n) is 1.93. The summed E-state index contributed by atoms with van der Waals surface area (Å²) in [6.45, 7) is 0. The molecule has 0 amide bonds. The van der Waals surface area contributed by atoms with E-state index in [1.165, 1.54) is 5.56 Å². The minimum atomic E-state index is 0.457. The summed E-state index contributed by atoms with van der Waals surface area (Å²) in [4.78, 5) is 0.457. The number of aryl methyl sites for hydroxylation is 1. The molecule has 1 aromatic rings. The van der Waals surface area contributed by atoms with Crippen LogP contribution < -0.4 is 0 Å². The first-order valence-electron chi connectivity index (χ1n) is 4.73. The largest absolute Gasteiger partial charge is 0.0913 e. The number of halogens is 2. The quantitative estimate of drug-likeness (QED) is 0.560. The first-order chi connectivity index (χ1) is 6.83. The van der Waals surface area contributed by atoms with Crippen molar-refractivity contribution in [2.45, 2.75) is 17.7 Å². The summed E-state index contributed by atoms with van der Waals surface area (Å²) in [7, 11) is 0. The molecule has 14 heavy (non-hydrogen) atoms. The van der Waals surface area contributed by atoms with Crippen molar-refractivity contribution in [1.29, 1.82) is 0 Å². The highest BCUT2D eigenvalue weighted by atomic mass is 79.9. The van der Waals surface area contributed by atoms with Crippen LogP contribution in [0.15, 0.2) is 42.5 Å². The topological polar surface area (TPSA) is 0 Å². The Labute approximate surface area is 103 Å². The molecule has 1 unspecified atom stereocenters. The van der Waals surface area contributed by atoms with Crippen molar-refractivity contribution in [2.24, 2.45) is 0 Å². The van der Waals surface area contributed by atoms with Crippen LogP contribution in [0.25, 0.3) is 0 Å². The standard InChI is InChI=1S/C12H14Br2/c13-10-12(14)9-5-4-8-11-6-2-1-3-7-11/h1-3,5-7,9,12H,4,8,10H2/b9-5+. The van der Waals surface area contributed by atoms with E-state index in [0.29, 0.717) is 4.83 Å². The summed E-state index contributed by atoms with van der Waals surface area (Å²) in [5.41, 5.74) is 1.40. The Balaban J connectivity index is 2.25. The Morgan fingerprint density at radius 1 is 1.21 bits per heavy atom.